The maximum absolute atomic E-state index is 3.51. The molecule has 16 heavy (non-hydrogen) atoms. The number of rotatable bonds is 1. The van der Waals surface area contributed by atoms with Crippen molar-refractivity contribution in [3.8, 4) is 0 Å². The Morgan fingerprint density at radius 1 is 1.19 bits per heavy atom. The third kappa shape index (κ3) is 1.27. The molecule has 1 unspecified atom stereocenters. The van der Waals surface area contributed by atoms with Gasteiger partial charge >= 0.3 is 0 Å². The molecule has 0 fully saturated rings. The van der Waals surface area contributed by atoms with E-state index in [1.165, 1.54) is 22.6 Å². The molecule has 0 saturated heterocycles. The van der Waals surface area contributed by atoms with Gasteiger partial charge in [0.15, 0.2) is 0 Å². The van der Waals surface area contributed by atoms with Crippen LogP contribution in [0.4, 0.5) is 17.1 Å². The fraction of sp³-hybridized carbons (Fsp3) is 0.538. The van der Waals surface area contributed by atoms with Gasteiger partial charge in [0.05, 0.1) is 17.5 Å². The van der Waals surface area contributed by atoms with Crippen molar-refractivity contribution < 1.29 is 0 Å². The van der Waals surface area contributed by atoms with E-state index in [9.17, 15) is 0 Å². The number of hydrogen-bond donors (Lipinski definition) is 3. The Morgan fingerprint density at radius 2 is 1.88 bits per heavy atom. The molecule has 1 aromatic rings. The molecule has 2 aliphatic heterocycles. The SMILES string of the molecule is CCC1Nc2cc3c(cc2N1)C(C)(C)CN3. The highest BCUT2D eigenvalue weighted by Crippen LogP contribution is 2.43. The normalized spacial score (nSPS) is 24.1. The second-order valence-corrected chi connectivity index (χ2v) is 5.43. The van der Waals surface area contributed by atoms with E-state index in [1.807, 2.05) is 0 Å². The molecule has 0 radical (unpaired) electrons. The third-order valence-corrected chi connectivity index (χ3v) is 3.68. The molecule has 3 heteroatoms. The molecule has 3 rings (SSSR count). The number of anilines is 3. The lowest BCUT2D eigenvalue weighted by Gasteiger charge is -2.17. The van der Waals surface area contributed by atoms with E-state index in [4.69, 9.17) is 0 Å². The molecule has 1 atom stereocenters. The van der Waals surface area contributed by atoms with Crippen molar-refractivity contribution in [1.29, 1.82) is 0 Å². The lowest BCUT2D eigenvalue weighted by molar-refractivity contribution is 0.586. The van der Waals surface area contributed by atoms with Crippen LogP contribution in [0, 0.1) is 0 Å². The van der Waals surface area contributed by atoms with Crippen molar-refractivity contribution in [2.45, 2.75) is 38.8 Å². The van der Waals surface area contributed by atoms with Crippen molar-refractivity contribution in [3.05, 3.63) is 17.7 Å². The van der Waals surface area contributed by atoms with Crippen molar-refractivity contribution >= 4 is 17.1 Å². The van der Waals surface area contributed by atoms with E-state index in [0.29, 0.717) is 6.17 Å². The lowest BCUT2D eigenvalue weighted by Crippen LogP contribution is -2.20. The van der Waals surface area contributed by atoms with Crippen molar-refractivity contribution in [2.24, 2.45) is 0 Å². The van der Waals surface area contributed by atoms with Crippen LogP contribution in [0.3, 0.4) is 0 Å². The summed E-state index contributed by atoms with van der Waals surface area (Å²) in [5.41, 5.74) is 5.45. The Morgan fingerprint density at radius 3 is 2.56 bits per heavy atom. The van der Waals surface area contributed by atoms with Gasteiger partial charge in [-0.05, 0) is 24.1 Å². The van der Waals surface area contributed by atoms with Crippen LogP contribution in [0.15, 0.2) is 12.1 Å². The van der Waals surface area contributed by atoms with E-state index >= 15 is 0 Å². The molecule has 1 aromatic carbocycles. The molecule has 3 nitrogen and oxygen atoms in total. The summed E-state index contributed by atoms with van der Waals surface area (Å²) in [5, 5.41) is 10.5. The first-order chi connectivity index (χ1) is 7.60. The fourth-order valence-corrected chi connectivity index (χ4v) is 2.57. The van der Waals surface area contributed by atoms with E-state index in [1.54, 1.807) is 0 Å². The first kappa shape index (κ1) is 9.82. The van der Waals surface area contributed by atoms with Gasteiger partial charge in [0.2, 0.25) is 0 Å². The molecule has 86 valence electrons. The van der Waals surface area contributed by atoms with Gasteiger partial charge in [0.1, 0.15) is 0 Å². The van der Waals surface area contributed by atoms with Crippen LogP contribution < -0.4 is 16.0 Å². The zero-order chi connectivity index (χ0) is 11.3. The monoisotopic (exact) mass is 217 g/mol. The van der Waals surface area contributed by atoms with Gasteiger partial charge in [-0.3, -0.25) is 0 Å². The minimum absolute atomic E-state index is 0.246. The minimum Gasteiger partial charge on any atom is -0.384 e. The van der Waals surface area contributed by atoms with Crippen molar-refractivity contribution in [2.75, 3.05) is 22.5 Å². The van der Waals surface area contributed by atoms with Gasteiger partial charge in [-0.2, -0.15) is 0 Å². The summed E-state index contributed by atoms with van der Waals surface area (Å²) in [7, 11) is 0. The van der Waals surface area contributed by atoms with Gasteiger partial charge in [0, 0.05) is 17.6 Å². The zero-order valence-electron chi connectivity index (χ0n) is 10.1. The summed E-state index contributed by atoms with van der Waals surface area (Å²) in [5.74, 6) is 0. The Labute approximate surface area is 96.6 Å². The number of hydrogen-bond acceptors (Lipinski definition) is 3. The van der Waals surface area contributed by atoms with Gasteiger partial charge in [-0.15, -0.1) is 0 Å². The molecule has 2 aliphatic rings. The largest absolute Gasteiger partial charge is 0.384 e. The first-order valence-electron chi connectivity index (χ1n) is 6.05. The molecule has 0 bridgehead atoms. The van der Waals surface area contributed by atoms with Gasteiger partial charge in [-0.25, -0.2) is 0 Å². The Balaban J connectivity index is 2.04. The Kier molecular flexibility index (Phi) is 1.88. The highest BCUT2D eigenvalue weighted by Gasteiger charge is 2.32. The maximum Gasteiger partial charge on any atom is 0.0962 e. The number of benzene rings is 1. The molecule has 0 saturated carbocycles. The van der Waals surface area contributed by atoms with Crippen LogP contribution >= 0.6 is 0 Å². The first-order valence-corrected chi connectivity index (χ1v) is 6.05. The Bertz CT molecular complexity index is 437. The maximum atomic E-state index is 3.51. The van der Waals surface area contributed by atoms with E-state index in [0.717, 1.165) is 13.0 Å². The van der Waals surface area contributed by atoms with E-state index in [-0.39, 0.29) is 5.41 Å². The standard InChI is InChI=1S/C13H19N3/c1-4-12-15-10-5-8-9(6-11(10)16-12)14-7-13(8,2)3/h5-6,12,14-16H,4,7H2,1-3H3. The molecule has 2 heterocycles. The summed E-state index contributed by atoms with van der Waals surface area (Å²) in [6, 6.07) is 4.54. The van der Waals surface area contributed by atoms with E-state index < -0.39 is 0 Å². The summed E-state index contributed by atoms with van der Waals surface area (Å²) < 4.78 is 0. The fourth-order valence-electron chi connectivity index (χ4n) is 2.57. The number of nitrogens with one attached hydrogen (secondary N) is 3. The predicted molar refractivity (Wildman–Crippen MR) is 69.3 cm³/mol. The minimum atomic E-state index is 0.246. The highest BCUT2D eigenvalue weighted by molar-refractivity contribution is 5.82. The van der Waals surface area contributed by atoms with Crippen LogP contribution in [-0.4, -0.2) is 12.7 Å². The van der Waals surface area contributed by atoms with Crippen LogP contribution in [0.2, 0.25) is 0 Å². The smallest absolute Gasteiger partial charge is 0.0962 e. The summed E-state index contributed by atoms with van der Waals surface area (Å²) >= 11 is 0. The predicted octanol–water partition coefficient (Wildman–Crippen LogP) is 2.96. The zero-order valence-corrected chi connectivity index (χ0v) is 10.1. The topological polar surface area (TPSA) is 36.1 Å². The van der Waals surface area contributed by atoms with Gasteiger partial charge in [0.25, 0.3) is 0 Å². The summed E-state index contributed by atoms with van der Waals surface area (Å²) in [6.07, 6.45) is 1.48. The van der Waals surface area contributed by atoms with Gasteiger partial charge < -0.3 is 16.0 Å². The average molecular weight is 217 g/mol. The lowest BCUT2D eigenvalue weighted by atomic mass is 9.86. The molecule has 0 aromatic heterocycles. The van der Waals surface area contributed by atoms with Gasteiger partial charge in [-0.1, -0.05) is 20.8 Å². The molecule has 3 N–H and O–H groups in total. The molecule has 0 spiro atoms. The number of fused-ring (bicyclic) bond motifs is 2. The van der Waals surface area contributed by atoms with Crippen LogP contribution in [0.25, 0.3) is 0 Å². The summed E-state index contributed by atoms with van der Waals surface area (Å²) in [6.45, 7) is 7.80. The molecular formula is C13H19N3. The second kappa shape index (κ2) is 3.06. The van der Waals surface area contributed by atoms with Crippen molar-refractivity contribution in [1.82, 2.24) is 0 Å². The Hall–Kier alpha value is -1.38. The van der Waals surface area contributed by atoms with Crippen LogP contribution in [0.1, 0.15) is 32.8 Å². The van der Waals surface area contributed by atoms with E-state index in [2.05, 4.69) is 48.9 Å². The van der Waals surface area contributed by atoms with Crippen LogP contribution in [-0.2, 0) is 5.41 Å². The molecular weight excluding hydrogens is 198 g/mol. The average Bonchev–Trinajstić information content (AvgIpc) is 2.77. The molecule has 0 aliphatic carbocycles. The molecule has 0 amide bonds. The second-order valence-electron chi connectivity index (χ2n) is 5.43. The third-order valence-electron chi connectivity index (χ3n) is 3.68. The van der Waals surface area contributed by atoms with Crippen molar-refractivity contribution in [3.63, 3.8) is 0 Å². The quantitative estimate of drug-likeness (QED) is 0.677. The summed E-state index contributed by atoms with van der Waals surface area (Å²) in [4.78, 5) is 0. The van der Waals surface area contributed by atoms with Crippen LogP contribution in [0.5, 0.6) is 0 Å². The highest BCUT2D eigenvalue weighted by atomic mass is 15.2.